The number of aliphatic hydroxyl groups is 1. The normalized spacial score (nSPS) is 21.8. The highest BCUT2D eigenvalue weighted by Crippen LogP contribution is 2.19. The Morgan fingerprint density at radius 1 is 1.38 bits per heavy atom. The number of hydrogen-bond acceptors (Lipinski definition) is 4. The molecule has 1 aliphatic heterocycles. The second kappa shape index (κ2) is 6.55. The van der Waals surface area contributed by atoms with Gasteiger partial charge in [0.2, 0.25) is 0 Å². The van der Waals surface area contributed by atoms with Crippen molar-refractivity contribution in [3.8, 4) is 0 Å². The van der Waals surface area contributed by atoms with E-state index in [1.165, 1.54) is 0 Å². The van der Waals surface area contributed by atoms with Gasteiger partial charge in [-0.2, -0.15) is 0 Å². The summed E-state index contributed by atoms with van der Waals surface area (Å²) in [4.78, 5) is 2.38. The molecule has 96 valence electrons. The van der Waals surface area contributed by atoms with Gasteiger partial charge in [-0.15, -0.1) is 0 Å². The molecule has 0 aliphatic carbocycles. The van der Waals surface area contributed by atoms with E-state index in [1.54, 1.807) is 7.11 Å². The van der Waals surface area contributed by atoms with Crippen LogP contribution in [0.25, 0.3) is 0 Å². The van der Waals surface area contributed by atoms with Crippen LogP contribution in [0, 0.1) is 0 Å². The third kappa shape index (κ3) is 4.37. The lowest BCUT2D eigenvalue weighted by molar-refractivity contribution is -0.0180. The van der Waals surface area contributed by atoms with Gasteiger partial charge < -0.3 is 15.2 Å². The molecule has 2 N–H and O–H groups in total. The van der Waals surface area contributed by atoms with E-state index in [4.69, 9.17) is 4.74 Å². The minimum Gasteiger partial charge on any atom is -0.395 e. The molecule has 1 heterocycles. The summed E-state index contributed by atoms with van der Waals surface area (Å²) in [5, 5.41) is 12.9. The molecule has 0 amide bonds. The fourth-order valence-electron chi connectivity index (χ4n) is 2.19. The van der Waals surface area contributed by atoms with Crippen LogP contribution in [0.2, 0.25) is 0 Å². The maximum atomic E-state index is 9.51. The molecule has 1 rings (SSSR count). The zero-order valence-electron chi connectivity index (χ0n) is 10.8. The number of ether oxygens (including phenoxy) is 1. The van der Waals surface area contributed by atoms with E-state index in [9.17, 15) is 5.11 Å². The Morgan fingerprint density at radius 2 is 2.12 bits per heavy atom. The summed E-state index contributed by atoms with van der Waals surface area (Å²) in [5.74, 6) is 0. The number of aliphatic hydroxyl groups excluding tert-OH is 1. The zero-order chi connectivity index (χ0) is 12.0. The fraction of sp³-hybridized carbons (Fsp3) is 1.00. The second-order valence-corrected chi connectivity index (χ2v) is 5.14. The Kier molecular flexibility index (Phi) is 5.69. The van der Waals surface area contributed by atoms with Crippen LogP contribution >= 0.6 is 0 Å². The van der Waals surface area contributed by atoms with Gasteiger partial charge in [0.1, 0.15) is 0 Å². The first-order valence-corrected chi connectivity index (χ1v) is 6.20. The quantitative estimate of drug-likeness (QED) is 0.720. The van der Waals surface area contributed by atoms with Gasteiger partial charge in [0.25, 0.3) is 0 Å². The van der Waals surface area contributed by atoms with Crippen molar-refractivity contribution < 1.29 is 9.84 Å². The molecule has 1 aliphatic rings. The van der Waals surface area contributed by atoms with Gasteiger partial charge in [0.15, 0.2) is 0 Å². The first-order valence-electron chi connectivity index (χ1n) is 6.20. The standard InChI is InChI=1S/C12H26N2O2/c1-12(2,16-3)9-11(10-15)14-7-4-5-13-6-8-14/h11,13,15H,4-10H2,1-3H3. The van der Waals surface area contributed by atoms with Crippen molar-refractivity contribution in [3.63, 3.8) is 0 Å². The van der Waals surface area contributed by atoms with Crippen LogP contribution in [0.5, 0.6) is 0 Å². The molecule has 0 bridgehead atoms. The molecule has 0 aromatic rings. The molecule has 0 spiro atoms. The topological polar surface area (TPSA) is 44.7 Å². The van der Waals surface area contributed by atoms with Crippen molar-refractivity contribution in [1.29, 1.82) is 0 Å². The molecule has 1 atom stereocenters. The average molecular weight is 230 g/mol. The smallest absolute Gasteiger partial charge is 0.0638 e. The second-order valence-electron chi connectivity index (χ2n) is 5.14. The number of methoxy groups -OCH3 is 1. The molecule has 0 aromatic carbocycles. The SMILES string of the molecule is COC(C)(C)CC(CO)N1CCCNCC1. The Hall–Kier alpha value is -0.160. The van der Waals surface area contributed by atoms with Gasteiger partial charge in [0, 0.05) is 26.2 Å². The summed E-state index contributed by atoms with van der Waals surface area (Å²) in [7, 11) is 1.73. The van der Waals surface area contributed by atoms with Crippen LogP contribution in [0.15, 0.2) is 0 Å². The Labute approximate surface area is 99.0 Å². The van der Waals surface area contributed by atoms with E-state index in [2.05, 4.69) is 24.1 Å². The Bertz CT molecular complexity index is 189. The Balaban J connectivity index is 2.51. The van der Waals surface area contributed by atoms with Gasteiger partial charge >= 0.3 is 0 Å². The van der Waals surface area contributed by atoms with E-state index in [0.29, 0.717) is 0 Å². The van der Waals surface area contributed by atoms with Crippen molar-refractivity contribution in [1.82, 2.24) is 10.2 Å². The number of hydrogen-bond donors (Lipinski definition) is 2. The molecule has 4 heteroatoms. The van der Waals surface area contributed by atoms with E-state index in [0.717, 1.165) is 39.0 Å². The molecule has 1 unspecified atom stereocenters. The Morgan fingerprint density at radius 3 is 2.75 bits per heavy atom. The highest BCUT2D eigenvalue weighted by molar-refractivity contribution is 4.81. The largest absolute Gasteiger partial charge is 0.395 e. The van der Waals surface area contributed by atoms with Gasteiger partial charge in [0.05, 0.1) is 12.2 Å². The maximum Gasteiger partial charge on any atom is 0.0638 e. The van der Waals surface area contributed by atoms with Gasteiger partial charge in [-0.3, -0.25) is 4.90 Å². The summed E-state index contributed by atoms with van der Waals surface area (Å²) < 4.78 is 5.44. The van der Waals surface area contributed by atoms with Crippen molar-refractivity contribution >= 4 is 0 Å². The highest BCUT2D eigenvalue weighted by atomic mass is 16.5. The average Bonchev–Trinajstić information content (AvgIpc) is 2.54. The van der Waals surface area contributed by atoms with E-state index >= 15 is 0 Å². The van der Waals surface area contributed by atoms with Gasteiger partial charge in [-0.1, -0.05) is 0 Å². The van der Waals surface area contributed by atoms with Crippen LogP contribution < -0.4 is 5.32 Å². The molecule has 0 radical (unpaired) electrons. The lowest BCUT2D eigenvalue weighted by Crippen LogP contribution is -2.44. The molecule has 1 fully saturated rings. The van der Waals surface area contributed by atoms with Crippen LogP contribution in [0.3, 0.4) is 0 Å². The zero-order valence-corrected chi connectivity index (χ0v) is 10.8. The summed E-state index contributed by atoms with van der Waals surface area (Å²) in [6.45, 7) is 8.56. The summed E-state index contributed by atoms with van der Waals surface area (Å²) in [6, 6.07) is 0.217. The van der Waals surface area contributed by atoms with Crippen molar-refractivity contribution in [2.45, 2.75) is 38.3 Å². The lowest BCUT2D eigenvalue weighted by atomic mass is 9.98. The molecule has 0 aromatic heterocycles. The van der Waals surface area contributed by atoms with E-state index in [1.807, 2.05) is 0 Å². The summed E-state index contributed by atoms with van der Waals surface area (Å²) >= 11 is 0. The number of rotatable bonds is 5. The number of nitrogens with one attached hydrogen (secondary N) is 1. The third-order valence-electron chi connectivity index (χ3n) is 3.38. The molecule has 1 saturated heterocycles. The first kappa shape index (κ1) is 13.9. The highest BCUT2D eigenvalue weighted by Gasteiger charge is 2.27. The van der Waals surface area contributed by atoms with Crippen LogP contribution in [0.4, 0.5) is 0 Å². The fourth-order valence-corrected chi connectivity index (χ4v) is 2.19. The third-order valence-corrected chi connectivity index (χ3v) is 3.38. The van der Waals surface area contributed by atoms with E-state index in [-0.39, 0.29) is 18.2 Å². The van der Waals surface area contributed by atoms with Crippen LogP contribution in [-0.4, -0.2) is 61.5 Å². The molecular formula is C12H26N2O2. The van der Waals surface area contributed by atoms with Gasteiger partial charge in [-0.25, -0.2) is 0 Å². The summed E-state index contributed by atoms with van der Waals surface area (Å²) in [5.41, 5.74) is -0.160. The number of nitrogens with zero attached hydrogens (tertiary/aromatic N) is 1. The van der Waals surface area contributed by atoms with Gasteiger partial charge in [-0.05, 0) is 39.8 Å². The summed E-state index contributed by atoms with van der Waals surface area (Å²) in [6.07, 6.45) is 2.03. The van der Waals surface area contributed by atoms with Crippen molar-refractivity contribution in [2.24, 2.45) is 0 Å². The molecular weight excluding hydrogens is 204 g/mol. The predicted octanol–water partition coefficient (Wildman–Crippen LogP) is 0.458. The van der Waals surface area contributed by atoms with Crippen LogP contribution in [-0.2, 0) is 4.74 Å². The van der Waals surface area contributed by atoms with E-state index < -0.39 is 0 Å². The minimum absolute atomic E-state index is 0.160. The van der Waals surface area contributed by atoms with Crippen molar-refractivity contribution in [2.75, 3.05) is 39.9 Å². The molecule has 4 nitrogen and oxygen atoms in total. The van der Waals surface area contributed by atoms with Crippen LogP contribution in [0.1, 0.15) is 26.7 Å². The maximum absolute atomic E-state index is 9.51. The molecule has 0 saturated carbocycles. The monoisotopic (exact) mass is 230 g/mol. The predicted molar refractivity (Wildman–Crippen MR) is 65.6 cm³/mol. The first-order chi connectivity index (χ1) is 7.59. The lowest BCUT2D eigenvalue weighted by Gasteiger charge is -2.34. The minimum atomic E-state index is -0.160. The molecule has 16 heavy (non-hydrogen) atoms. The van der Waals surface area contributed by atoms with Crippen molar-refractivity contribution in [3.05, 3.63) is 0 Å².